The van der Waals surface area contributed by atoms with E-state index < -0.39 is 21.4 Å². The molecule has 0 atom stereocenters. The minimum atomic E-state index is -3.64. The summed E-state index contributed by atoms with van der Waals surface area (Å²) in [5.41, 5.74) is -0.557. The Kier molecular flexibility index (Phi) is 4.65. The number of carboxylic acid groups (broad SMARTS) is 1. The number of benzene rings is 1. The molecule has 20 heavy (non-hydrogen) atoms. The second-order valence-electron chi connectivity index (χ2n) is 5.64. The highest BCUT2D eigenvalue weighted by Crippen LogP contribution is 2.25. The van der Waals surface area contributed by atoms with Gasteiger partial charge < -0.3 is 9.84 Å². The quantitative estimate of drug-likeness (QED) is 0.869. The number of sulfonamides is 1. The van der Waals surface area contributed by atoms with Gasteiger partial charge in [-0.25, -0.2) is 13.2 Å². The molecule has 0 aliphatic heterocycles. The molecule has 1 aromatic rings. The van der Waals surface area contributed by atoms with E-state index in [0.717, 1.165) is 0 Å². The molecular weight excluding hydrogens is 282 g/mol. The summed E-state index contributed by atoms with van der Waals surface area (Å²) < 4.78 is 31.4. The van der Waals surface area contributed by atoms with Crippen molar-refractivity contribution < 1.29 is 23.1 Å². The van der Waals surface area contributed by atoms with E-state index in [4.69, 9.17) is 9.84 Å². The fraction of sp³-hybridized carbons (Fsp3) is 0.462. The minimum absolute atomic E-state index is 0.00102. The molecule has 0 fully saturated rings. The van der Waals surface area contributed by atoms with E-state index in [0.29, 0.717) is 5.75 Å². The van der Waals surface area contributed by atoms with E-state index in [1.54, 1.807) is 20.8 Å². The summed E-state index contributed by atoms with van der Waals surface area (Å²) in [4.78, 5) is 11.1. The zero-order valence-electron chi connectivity index (χ0n) is 11.9. The first-order chi connectivity index (χ1) is 9.04. The average Bonchev–Trinajstić information content (AvgIpc) is 2.24. The molecule has 0 radical (unpaired) electrons. The van der Waals surface area contributed by atoms with Gasteiger partial charge in [0.2, 0.25) is 10.0 Å². The van der Waals surface area contributed by atoms with Crippen LogP contribution in [0.15, 0.2) is 18.2 Å². The standard InChI is InChI=1S/C13H19NO5S/c1-13(2,3)8-20(17,18)14-11-7-9(19-4)5-6-10(11)12(15)16/h5-7,14H,8H2,1-4H3,(H,15,16). The van der Waals surface area contributed by atoms with E-state index in [1.165, 1.54) is 25.3 Å². The van der Waals surface area contributed by atoms with Crippen LogP contribution in [0.3, 0.4) is 0 Å². The summed E-state index contributed by atoms with van der Waals surface area (Å²) in [6.45, 7) is 5.36. The third kappa shape index (κ3) is 4.73. The van der Waals surface area contributed by atoms with Gasteiger partial charge in [0.05, 0.1) is 24.1 Å². The minimum Gasteiger partial charge on any atom is -0.497 e. The van der Waals surface area contributed by atoms with Crippen LogP contribution < -0.4 is 9.46 Å². The maximum atomic E-state index is 12.0. The van der Waals surface area contributed by atoms with Gasteiger partial charge >= 0.3 is 5.97 Å². The van der Waals surface area contributed by atoms with Gasteiger partial charge in [-0.2, -0.15) is 0 Å². The lowest BCUT2D eigenvalue weighted by molar-refractivity contribution is 0.0698. The monoisotopic (exact) mass is 301 g/mol. The molecule has 7 heteroatoms. The van der Waals surface area contributed by atoms with Crippen LogP contribution in [0.4, 0.5) is 5.69 Å². The number of carbonyl (C=O) groups is 1. The van der Waals surface area contributed by atoms with Crippen molar-refractivity contribution in [2.75, 3.05) is 17.6 Å². The Morgan fingerprint density at radius 2 is 1.95 bits per heavy atom. The fourth-order valence-electron chi connectivity index (χ4n) is 1.69. The lowest BCUT2D eigenvalue weighted by atomic mass is 10.0. The molecular formula is C13H19NO5S. The van der Waals surface area contributed by atoms with Gasteiger partial charge in [-0.05, 0) is 17.5 Å². The molecule has 0 bridgehead atoms. The number of hydrogen-bond donors (Lipinski definition) is 2. The van der Waals surface area contributed by atoms with Gasteiger partial charge in [0.1, 0.15) is 5.75 Å². The SMILES string of the molecule is COc1ccc(C(=O)O)c(NS(=O)(=O)CC(C)(C)C)c1. The van der Waals surface area contributed by atoms with Crippen LogP contribution in [-0.4, -0.2) is 32.4 Å². The van der Waals surface area contributed by atoms with Crippen LogP contribution >= 0.6 is 0 Å². The van der Waals surface area contributed by atoms with Crippen molar-refractivity contribution in [1.82, 2.24) is 0 Å². The number of rotatable bonds is 5. The Morgan fingerprint density at radius 3 is 2.40 bits per heavy atom. The summed E-state index contributed by atoms with van der Waals surface area (Å²) in [7, 11) is -2.22. The van der Waals surface area contributed by atoms with Crippen LogP contribution in [0.2, 0.25) is 0 Å². The van der Waals surface area contributed by atoms with Gasteiger partial charge in [0.25, 0.3) is 0 Å². The predicted octanol–water partition coefficient (Wildman–Crippen LogP) is 2.18. The van der Waals surface area contributed by atoms with Gasteiger partial charge in [-0.3, -0.25) is 4.72 Å². The number of methoxy groups -OCH3 is 1. The Morgan fingerprint density at radius 1 is 1.35 bits per heavy atom. The molecule has 0 saturated heterocycles. The lowest BCUT2D eigenvalue weighted by Crippen LogP contribution is -2.26. The Hall–Kier alpha value is -1.76. The Labute approximate surface area is 118 Å². The summed E-state index contributed by atoms with van der Waals surface area (Å²) in [5, 5.41) is 9.08. The molecule has 0 unspecified atom stereocenters. The molecule has 0 saturated carbocycles. The highest BCUT2D eigenvalue weighted by atomic mass is 32.2. The summed E-state index contributed by atoms with van der Waals surface area (Å²) in [6, 6.07) is 4.12. The largest absolute Gasteiger partial charge is 0.497 e. The molecule has 0 heterocycles. The lowest BCUT2D eigenvalue weighted by Gasteiger charge is -2.19. The number of nitrogens with one attached hydrogen (secondary N) is 1. The molecule has 0 aromatic heterocycles. The zero-order valence-corrected chi connectivity index (χ0v) is 12.7. The van der Waals surface area contributed by atoms with Crippen molar-refractivity contribution in [3.8, 4) is 5.75 Å². The zero-order chi connectivity index (χ0) is 15.6. The van der Waals surface area contributed by atoms with E-state index in [-0.39, 0.29) is 17.0 Å². The number of carboxylic acids is 1. The van der Waals surface area contributed by atoms with Crippen molar-refractivity contribution in [2.24, 2.45) is 5.41 Å². The first-order valence-corrected chi connectivity index (χ1v) is 7.61. The van der Waals surface area contributed by atoms with Gasteiger partial charge in [0, 0.05) is 6.07 Å². The van der Waals surface area contributed by atoms with Gasteiger partial charge in [-0.15, -0.1) is 0 Å². The molecule has 6 nitrogen and oxygen atoms in total. The molecule has 0 aliphatic carbocycles. The first-order valence-electron chi connectivity index (χ1n) is 5.96. The normalized spacial score (nSPS) is 12.0. The predicted molar refractivity (Wildman–Crippen MR) is 76.8 cm³/mol. The molecule has 2 N–H and O–H groups in total. The van der Waals surface area contributed by atoms with Gasteiger partial charge in [0.15, 0.2) is 0 Å². The number of ether oxygens (including phenoxy) is 1. The maximum Gasteiger partial charge on any atom is 0.337 e. The number of anilines is 1. The van der Waals surface area contributed by atoms with Crippen LogP contribution in [0, 0.1) is 5.41 Å². The first kappa shape index (κ1) is 16.3. The number of hydrogen-bond acceptors (Lipinski definition) is 4. The van der Waals surface area contributed by atoms with Crippen molar-refractivity contribution in [3.05, 3.63) is 23.8 Å². The second kappa shape index (κ2) is 5.70. The fourth-order valence-corrected chi connectivity index (χ4v) is 3.41. The smallest absolute Gasteiger partial charge is 0.337 e. The molecule has 0 spiro atoms. The highest BCUT2D eigenvalue weighted by Gasteiger charge is 2.23. The molecule has 1 aromatic carbocycles. The van der Waals surface area contributed by atoms with Crippen molar-refractivity contribution in [1.29, 1.82) is 0 Å². The van der Waals surface area contributed by atoms with Crippen molar-refractivity contribution in [3.63, 3.8) is 0 Å². The number of aromatic carboxylic acids is 1. The Balaban J connectivity index is 3.16. The van der Waals surface area contributed by atoms with E-state index in [1.807, 2.05) is 0 Å². The molecule has 112 valence electrons. The van der Waals surface area contributed by atoms with E-state index >= 15 is 0 Å². The van der Waals surface area contributed by atoms with Crippen molar-refractivity contribution in [2.45, 2.75) is 20.8 Å². The summed E-state index contributed by atoms with van der Waals surface area (Å²) >= 11 is 0. The second-order valence-corrected chi connectivity index (χ2v) is 7.36. The van der Waals surface area contributed by atoms with Gasteiger partial charge in [-0.1, -0.05) is 20.8 Å². The maximum absolute atomic E-state index is 12.0. The van der Waals surface area contributed by atoms with E-state index in [9.17, 15) is 13.2 Å². The average molecular weight is 301 g/mol. The third-order valence-corrected chi connectivity index (χ3v) is 4.12. The van der Waals surface area contributed by atoms with Crippen LogP contribution in [0.25, 0.3) is 0 Å². The summed E-state index contributed by atoms with van der Waals surface area (Å²) in [5.74, 6) is -0.944. The summed E-state index contributed by atoms with van der Waals surface area (Å²) in [6.07, 6.45) is 0. The molecule has 0 amide bonds. The third-order valence-electron chi connectivity index (χ3n) is 2.35. The van der Waals surface area contributed by atoms with Crippen LogP contribution in [-0.2, 0) is 10.0 Å². The molecule has 0 aliphatic rings. The topological polar surface area (TPSA) is 92.7 Å². The molecule has 1 rings (SSSR count). The van der Waals surface area contributed by atoms with Crippen LogP contribution in [0.1, 0.15) is 31.1 Å². The van der Waals surface area contributed by atoms with Crippen LogP contribution in [0.5, 0.6) is 5.75 Å². The van der Waals surface area contributed by atoms with E-state index in [2.05, 4.69) is 4.72 Å². The Bertz CT molecular complexity index is 602. The van der Waals surface area contributed by atoms with Crippen molar-refractivity contribution >= 4 is 21.7 Å². The highest BCUT2D eigenvalue weighted by molar-refractivity contribution is 7.92.